The molecule has 0 aliphatic rings. The molecule has 0 saturated carbocycles. The first kappa shape index (κ1) is 31.9. The van der Waals surface area contributed by atoms with Crippen LogP contribution in [0.3, 0.4) is 0 Å². The van der Waals surface area contributed by atoms with Gasteiger partial charge in [-0.25, -0.2) is 0 Å². The Labute approximate surface area is 204 Å². The Morgan fingerprint density at radius 1 is 0.576 bits per heavy atom. The van der Waals surface area contributed by atoms with Crippen LogP contribution in [0.2, 0.25) is 0 Å². The van der Waals surface area contributed by atoms with Gasteiger partial charge in [0.2, 0.25) is 0 Å². The summed E-state index contributed by atoms with van der Waals surface area (Å²) in [6, 6.07) is 0. The summed E-state index contributed by atoms with van der Waals surface area (Å²) in [5, 5.41) is 9.40. The van der Waals surface area contributed by atoms with Gasteiger partial charge in [-0.1, -0.05) is 123 Å². The molecule has 5 nitrogen and oxygen atoms in total. The molecule has 0 fully saturated rings. The Morgan fingerprint density at radius 2 is 0.939 bits per heavy atom. The molecule has 1 atom stereocenters. The molecule has 0 aromatic rings. The summed E-state index contributed by atoms with van der Waals surface area (Å²) in [7, 11) is 0. The average molecular weight is 471 g/mol. The van der Waals surface area contributed by atoms with Crippen LogP contribution in [0.1, 0.15) is 149 Å². The van der Waals surface area contributed by atoms with E-state index in [-0.39, 0.29) is 25.2 Å². The van der Waals surface area contributed by atoms with Crippen LogP contribution < -0.4 is 0 Å². The van der Waals surface area contributed by atoms with Crippen LogP contribution in [0.5, 0.6) is 0 Å². The van der Waals surface area contributed by atoms with Crippen LogP contribution >= 0.6 is 0 Å². The smallest absolute Gasteiger partial charge is 0.306 e. The lowest BCUT2D eigenvalue weighted by Crippen LogP contribution is -2.28. The highest BCUT2D eigenvalue weighted by Crippen LogP contribution is 2.13. The molecule has 33 heavy (non-hydrogen) atoms. The first-order chi connectivity index (χ1) is 16.1. The van der Waals surface area contributed by atoms with E-state index >= 15 is 0 Å². The van der Waals surface area contributed by atoms with Gasteiger partial charge < -0.3 is 14.6 Å². The summed E-state index contributed by atoms with van der Waals surface area (Å²) < 4.78 is 10.4. The minimum absolute atomic E-state index is 0.0592. The Hall–Kier alpha value is -1.10. The van der Waals surface area contributed by atoms with Crippen molar-refractivity contribution in [1.29, 1.82) is 0 Å². The highest BCUT2D eigenvalue weighted by molar-refractivity contribution is 5.70. The van der Waals surface area contributed by atoms with Crippen molar-refractivity contribution in [3.05, 3.63) is 0 Å². The first-order valence-corrected chi connectivity index (χ1v) is 14.1. The summed E-state index contributed by atoms with van der Waals surface area (Å²) >= 11 is 0. The molecule has 0 amide bonds. The van der Waals surface area contributed by atoms with Crippen LogP contribution in [0, 0.1) is 0 Å². The Balaban J connectivity index is 3.57. The number of unbranched alkanes of at least 4 members (excludes halogenated alkanes) is 17. The van der Waals surface area contributed by atoms with E-state index in [1.165, 1.54) is 89.9 Å². The van der Waals surface area contributed by atoms with Crippen LogP contribution in [0.4, 0.5) is 0 Å². The fourth-order valence-electron chi connectivity index (χ4n) is 3.96. The minimum atomic E-state index is -0.757. The Kier molecular flexibility index (Phi) is 24.7. The summed E-state index contributed by atoms with van der Waals surface area (Å²) in [6.07, 6.45) is 23.0. The van der Waals surface area contributed by atoms with E-state index in [1.54, 1.807) is 0 Å². The Morgan fingerprint density at radius 3 is 1.33 bits per heavy atom. The van der Waals surface area contributed by atoms with Gasteiger partial charge >= 0.3 is 11.9 Å². The van der Waals surface area contributed by atoms with Crippen molar-refractivity contribution >= 4 is 11.9 Å². The van der Waals surface area contributed by atoms with Crippen molar-refractivity contribution in [1.82, 2.24) is 0 Å². The second-order valence-corrected chi connectivity index (χ2v) is 9.49. The zero-order valence-corrected chi connectivity index (χ0v) is 21.9. The van der Waals surface area contributed by atoms with Crippen molar-refractivity contribution in [2.75, 3.05) is 13.2 Å². The van der Waals surface area contributed by atoms with E-state index in [0.717, 1.165) is 32.1 Å². The van der Waals surface area contributed by atoms with E-state index in [4.69, 9.17) is 9.47 Å². The third-order valence-electron chi connectivity index (χ3n) is 6.15. The molecule has 1 N–H and O–H groups in total. The topological polar surface area (TPSA) is 72.8 Å². The molecular weight excluding hydrogens is 416 g/mol. The van der Waals surface area contributed by atoms with Gasteiger partial charge in [-0.05, 0) is 12.8 Å². The van der Waals surface area contributed by atoms with Gasteiger partial charge in [0.15, 0.2) is 6.10 Å². The maximum Gasteiger partial charge on any atom is 0.306 e. The van der Waals surface area contributed by atoms with E-state index in [9.17, 15) is 14.7 Å². The molecule has 0 aliphatic carbocycles. The zero-order chi connectivity index (χ0) is 24.4. The normalized spacial score (nSPS) is 12.0. The van der Waals surface area contributed by atoms with Gasteiger partial charge in [0, 0.05) is 12.8 Å². The van der Waals surface area contributed by atoms with Crippen LogP contribution in [-0.2, 0) is 19.1 Å². The quantitative estimate of drug-likeness (QED) is 0.109. The molecule has 0 unspecified atom stereocenters. The van der Waals surface area contributed by atoms with Crippen molar-refractivity contribution in [3.8, 4) is 0 Å². The van der Waals surface area contributed by atoms with Crippen molar-refractivity contribution in [3.63, 3.8) is 0 Å². The standard InChI is InChI=1S/C28H54O5/c1-3-5-7-9-11-12-13-14-15-17-18-20-22-27(30)32-25-26(24-29)33-28(31)23-21-19-16-10-8-6-4-2/h26,29H,3-25H2,1-2H3/t26-/m0/s1. The predicted octanol–water partition coefficient (Wildman–Crippen LogP) is 7.67. The van der Waals surface area contributed by atoms with Crippen molar-refractivity contribution in [2.24, 2.45) is 0 Å². The number of hydrogen-bond acceptors (Lipinski definition) is 5. The third kappa shape index (κ3) is 23.8. The number of esters is 2. The second-order valence-electron chi connectivity index (χ2n) is 9.49. The average Bonchev–Trinajstić information content (AvgIpc) is 2.81. The van der Waals surface area contributed by atoms with Crippen LogP contribution in [0.15, 0.2) is 0 Å². The van der Waals surface area contributed by atoms with E-state index in [2.05, 4.69) is 13.8 Å². The van der Waals surface area contributed by atoms with Gasteiger partial charge in [-0.15, -0.1) is 0 Å². The second kappa shape index (κ2) is 25.5. The minimum Gasteiger partial charge on any atom is -0.462 e. The van der Waals surface area contributed by atoms with E-state index in [1.807, 2.05) is 0 Å². The molecule has 0 radical (unpaired) electrons. The number of carbonyl (C=O) groups is 2. The van der Waals surface area contributed by atoms with Crippen LogP contribution in [0.25, 0.3) is 0 Å². The lowest BCUT2D eigenvalue weighted by molar-refractivity contribution is -0.161. The lowest BCUT2D eigenvalue weighted by atomic mass is 10.0. The molecule has 0 aliphatic heterocycles. The van der Waals surface area contributed by atoms with Gasteiger partial charge in [0.25, 0.3) is 0 Å². The highest BCUT2D eigenvalue weighted by atomic mass is 16.6. The zero-order valence-electron chi connectivity index (χ0n) is 21.9. The summed E-state index contributed by atoms with van der Waals surface area (Å²) in [6.45, 7) is 4.07. The van der Waals surface area contributed by atoms with Crippen molar-refractivity contribution in [2.45, 2.75) is 155 Å². The number of aliphatic hydroxyl groups is 1. The number of carbonyl (C=O) groups excluding carboxylic acids is 2. The van der Waals surface area contributed by atoms with Gasteiger partial charge in [0.05, 0.1) is 6.61 Å². The third-order valence-corrected chi connectivity index (χ3v) is 6.15. The number of hydrogen-bond donors (Lipinski definition) is 1. The maximum absolute atomic E-state index is 11.9. The van der Waals surface area contributed by atoms with Crippen LogP contribution in [-0.4, -0.2) is 36.4 Å². The molecule has 0 aromatic heterocycles. The fraction of sp³-hybridized carbons (Fsp3) is 0.929. The largest absolute Gasteiger partial charge is 0.462 e. The summed E-state index contributed by atoms with van der Waals surface area (Å²) in [4.78, 5) is 23.8. The van der Waals surface area contributed by atoms with E-state index in [0.29, 0.717) is 12.8 Å². The summed E-state index contributed by atoms with van der Waals surface area (Å²) in [5.74, 6) is -0.594. The molecular formula is C28H54O5. The number of rotatable bonds is 25. The van der Waals surface area contributed by atoms with Crippen molar-refractivity contribution < 1.29 is 24.2 Å². The molecule has 0 heterocycles. The molecule has 196 valence electrons. The SMILES string of the molecule is CCCCCCCCCCCCCCC(=O)OC[C@H](CO)OC(=O)CCCCCCCCC. The van der Waals surface area contributed by atoms with Gasteiger partial charge in [-0.2, -0.15) is 0 Å². The molecule has 0 spiro atoms. The molecule has 0 bridgehead atoms. The number of ether oxygens (including phenoxy) is 2. The molecule has 0 rings (SSSR count). The molecule has 0 aromatic carbocycles. The first-order valence-electron chi connectivity index (χ1n) is 14.1. The monoisotopic (exact) mass is 470 g/mol. The summed E-state index contributed by atoms with van der Waals surface area (Å²) in [5.41, 5.74) is 0. The fourth-order valence-corrected chi connectivity index (χ4v) is 3.96. The molecule has 5 heteroatoms. The number of aliphatic hydroxyl groups excluding tert-OH is 1. The lowest BCUT2D eigenvalue weighted by Gasteiger charge is -2.15. The molecule has 0 saturated heterocycles. The Bertz CT molecular complexity index is 438. The maximum atomic E-state index is 11.9. The van der Waals surface area contributed by atoms with Gasteiger partial charge in [0.1, 0.15) is 6.61 Å². The predicted molar refractivity (Wildman–Crippen MR) is 136 cm³/mol. The van der Waals surface area contributed by atoms with E-state index < -0.39 is 6.10 Å². The highest BCUT2D eigenvalue weighted by Gasteiger charge is 2.16. The van der Waals surface area contributed by atoms with Gasteiger partial charge in [-0.3, -0.25) is 9.59 Å².